The van der Waals surface area contributed by atoms with Crippen LogP contribution in [0, 0.1) is 23.0 Å². The van der Waals surface area contributed by atoms with E-state index in [9.17, 15) is 10.1 Å². The lowest BCUT2D eigenvalue weighted by atomic mass is 9.99. The van der Waals surface area contributed by atoms with E-state index in [1.165, 1.54) is 12.8 Å². The number of halogens is 1. The smallest absolute Gasteiger partial charge is 0.273 e. The Labute approximate surface area is 121 Å². The summed E-state index contributed by atoms with van der Waals surface area (Å²) in [5.41, 5.74) is 1.75. The molecule has 2 N–H and O–H groups in total. The zero-order valence-corrected chi connectivity index (χ0v) is 12.5. The summed E-state index contributed by atoms with van der Waals surface area (Å²) in [4.78, 5) is 10.5. The number of rotatable bonds is 4. The van der Waals surface area contributed by atoms with Crippen LogP contribution in [0.4, 0.5) is 11.4 Å². The predicted molar refractivity (Wildman–Crippen MR) is 79.6 cm³/mol. The van der Waals surface area contributed by atoms with Crippen molar-refractivity contribution in [1.29, 1.82) is 0 Å². The summed E-state index contributed by atoms with van der Waals surface area (Å²) < 4.78 is 0.744. The summed E-state index contributed by atoms with van der Waals surface area (Å²) in [5, 5.41) is 17.6. The number of benzene rings is 1. The Morgan fingerprint density at radius 1 is 1.58 bits per heavy atom. The Morgan fingerprint density at radius 2 is 2.37 bits per heavy atom. The molecular formula is C13H18BrN3O2. The Hall–Kier alpha value is -1.14. The molecule has 6 heteroatoms. The van der Waals surface area contributed by atoms with Gasteiger partial charge < -0.3 is 10.6 Å². The van der Waals surface area contributed by atoms with Gasteiger partial charge in [0.2, 0.25) is 0 Å². The third-order valence-corrected chi connectivity index (χ3v) is 4.12. The number of nitrogens with zero attached hydrogens (tertiary/aromatic N) is 1. The van der Waals surface area contributed by atoms with Crippen molar-refractivity contribution in [3.05, 3.63) is 32.3 Å². The summed E-state index contributed by atoms with van der Waals surface area (Å²) in [6.45, 7) is 4.80. The number of aryl methyl sites for hydroxylation is 1. The van der Waals surface area contributed by atoms with Crippen molar-refractivity contribution < 1.29 is 4.92 Å². The third-order valence-electron chi connectivity index (χ3n) is 3.46. The first-order chi connectivity index (χ1) is 9.08. The van der Waals surface area contributed by atoms with Gasteiger partial charge in [0.25, 0.3) is 5.69 Å². The van der Waals surface area contributed by atoms with Crippen molar-refractivity contribution in [2.75, 3.05) is 25.0 Å². The van der Waals surface area contributed by atoms with E-state index in [0.29, 0.717) is 11.5 Å². The van der Waals surface area contributed by atoms with Gasteiger partial charge in [0.05, 0.1) is 4.92 Å². The summed E-state index contributed by atoms with van der Waals surface area (Å²) in [6.07, 6.45) is 2.44. The summed E-state index contributed by atoms with van der Waals surface area (Å²) in [6, 6.07) is 3.40. The fraction of sp³-hybridized carbons (Fsp3) is 0.538. The van der Waals surface area contributed by atoms with E-state index < -0.39 is 0 Å². The van der Waals surface area contributed by atoms with Crippen molar-refractivity contribution in [3.63, 3.8) is 0 Å². The lowest BCUT2D eigenvalue weighted by molar-refractivity contribution is -0.385. The molecule has 0 bridgehead atoms. The standard InChI is InChI=1S/C13H18BrN3O2/c1-9-5-12(11(14)6-13(9)17(18)19)16-8-10-3-2-4-15-7-10/h5-6,10,15-16H,2-4,7-8H2,1H3. The molecule has 104 valence electrons. The zero-order valence-electron chi connectivity index (χ0n) is 10.9. The second kappa shape index (κ2) is 6.34. The van der Waals surface area contributed by atoms with Gasteiger partial charge in [0.15, 0.2) is 0 Å². The molecule has 1 heterocycles. The average Bonchev–Trinajstić information content (AvgIpc) is 2.40. The highest BCUT2D eigenvalue weighted by Crippen LogP contribution is 2.30. The van der Waals surface area contributed by atoms with Crippen LogP contribution in [0.1, 0.15) is 18.4 Å². The van der Waals surface area contributed by atoms with Gasteiger partial charge in [0.1, 0.15) is 0 Å². The van der Waals surface area contributed by atoms with Crippen molar-refractivity contribution in [2.24, 2.45) is 5.92 Å². The third kappa shape index (κ3) is 3.67. The first-order valence-electron chi connectivity index (χ1n) is 6.47. The Kier molecular flexibility index (Phi) is 4.76. The number of anilines is 1. The van der Waals surface area contributed by atoms with E-state index in [1.54, 1.807) is 13.0 Å². The van der Waals surface area contributed by atoms with Crippen LogP contribution in [0.2, 0.25) is 0 Å². The van der Waals surface area contributed by atoms with Gasteiger partial charge >= 0.3 is 0 Å². The Balaban J connectivity index is 2.04. The largest absolute Gasteiger partial charge is 0.384 e. The maximum atomic E-state index is 10.8. The van der Waals surface area contributed by atoms with Crippen LogP contribution in [0.5, 0.6) is 0 Å². The van der Waals surface area contributed by atoms with Crippen LogP contribution in [0.15, 0.2) is 16.6 Å². The molecule has 0 amide bonds. The number of nitrogens with one attached hydrogen (secondary N) is 2. The highest BCUT2D eigenvalue weighted by atomic mass is 79.9. The molecule has 0 aliphatic carbocycles. The Morgan fingerprint density at radius 3 is 3.00 bits per heavy atom. The molecule has 19 heavy (non-hydrogen) atoms. The van der Waals surface area contributed by atoms with Crippen LogP contribution >= 0.6 is 15.9 Å². The van der Waals surface area contributed by atoms with E-state index in [-0.39, 0.29) is 10.6 Å². The number of piperidine rings is 1. The minimum Gasteiger partial charge on any atom is -0.384 e. The fourth-order valence-electron chi connectivity index (χ4n) is 2.36. The molecule has 1 aliphatic heterocycles. The van der Waals surface area contributed by atoms with Crippen molar-refractivity contribution >= 4 is 27.3 Å². The molecule has 1 aromatic carbocycles. The molecule has 2 rings (SSSR count). The SMILES string of the molecule is Cc1cc(NCC2CCCNC2)c(Br)cc1[N+](=O)[O-]. The second-order valence-electron chi connectivity index (χ2n) is 4.97. The van der Waals surface area contributed by atoms with Gasteiger partial charge in [-0.25, -0.2) is 0 Å². The van der Waals surface area contributed by atoms with E-state index >= 15 is 0 Å². The monoisotopic (exact) mass is 327 g/mol. The molecule has 0 saturated carbocycles. The van der Waals surface area contributed by atoms with Crippen LogP contribution in [0.25, 0.3) is 0 Å². The quantitative estimate of drug-likeness (QED) is 0.658. The minimum absolute atomic E-state index is 0.150. The molecule has 1 fully saturated rings. The van der Waals surface area contributed by atoms with E-state index in [1.807, 2.05) is 6.07 Å². The Bertz CT molecular complexity index is 473. The molecule has 1 saturated heterocycles. The van der Waals surface area contributed by atoms with E-state index in [0.717, 1.165) is 29.8 Å². The molecule has 0 spiro atoms. The molecule has 0 aromatic heterocycles. The van der Waals surface area contributed by atoms with Gasteiger partial charge in [0, 0.05) is 28.3 Å². The average molecular weight is 328 g/mol. The summed E-state index contributed by atoms with van der Waals surface area (Å²) >= 11 is 3.39. The molecule has 0 radical (unpaired) electrons. The van der Waals surface area contributed by atoms with Gasteiger partial charge in [-0.3, -0.25) is 10.1 Å². The number of nitro benzene ring substituents is 1. The number of hydrogen-bond donors (Lipinski definition) is 2. The highest BCUT2D eigenvalue weighted by molar-refractivity contribution is 9.10. The predicted octanol–water partition coefficient (Wildman–Crippen LogP) is 3.08. The van der Waals surface area contributed by atoms with Crippen LogP contribution < -0.4 is 10.6 Å². The first kappa shape index (κ1) is 14.3. The van der Waals surface area contributed by atoms with Crippen LogP contribution in [-0.2, 0) is 0 Å². The summed E-state index contributed by atoms with van der Waals surface area (Å²) in [5.74, 6) is 0.621. The number of hydrogen-bond acceptors (Lipinski definition) is 4. The second-order valence-corrected chi connectivity index (χ2v) is 5.82. The minimum atomic E-state index is -0.352. The lowest BCUT2D eigenvalue weighted by Crippen LogP contribution is -2.33. The topological polar surface area (TPSA) is 67.2 Å². The molecule has 1 aliphatic rings. The lowest BCUT2D eigenvalue weighted by Gasteiger charge is -2.23. The van der Waals surface area contributed by atoms with Gasteiger partial charge in [-0.1, -0.05) is 0 Å². The van der Waals surface area contributed by atoms with Crippen LogP contribution in [-0.4, -0.2) is 24.6 Å². The number of nitro groups is 1. The van der Waals surface area contributed by atoms with Gasteiger partial charge in [-0.2, -0.15) is 0 Å². The molecular weight excluding hydrogens is 310 g/mol. The van der Waals surface area contributed by atoms with E-state index in [4.69, 9.17) is 0 Å². The van der Waals surface area contributed by atoms with Crippen molar-refractivity contribution in [3.8, 4) is 0 Å². The first-order valence-corrected chi connectivity index (χ1v) is 7.26. The molecule has 1 unspecified atom stereocenters. The summed E-state index contributed by atoms with van der Waals surface area (Å²) in [7, 11) is 0. The molecule has 1 aromatic rings. The van der Waals surface area contributed by atoms with Crippen LogP contribution in [0.3, 0.4) is 0 Å². The van der Waals surface area contributed by atoms with Gasteiger partial charge in [-0.05, 0) is 60.8 Å². The maximum absolute atomic E-state index is 10.8. The molecule has 5 nitrogen and oxygen atoms in total. The van der Waals surface area contributed by atoms with Crippen molar-refractivity contribution in [2.45, 2.75) is 19.8 Å². The van der Waals surface area contributed by atoms with E-state index in [2.05, 4.69) is 26.6 Å². The maximum Gasteiger partial charge on any atom is 0.273 e. The highest BCUT2D eigenvalue weighted by Gasteiger charge is 2.16. The fourth-order valence-corrected chi connectivity index (χ4v) is 2.83. The molecule has 1 atom stereocenters. The zero-order chi connectivity index (χ0) is 13.8. The van der Waals surface area contributed by atoms with Gasteiger partial charge in [-0.15, -0.1) is 0 Å². The normalized spacial score (nSPS) is 19.2. The van der Waals surface area contributed by atoms with Crippen molar-refractivity contribution in [1.82, 2.24) is 5.32 Å².